The van der Waals surface area contributed by atoms with Crippen molar-refractivity contribution in [3.63, 3.8) is 0 Å². The van der Waals surface area contributed by atoms with Crippen LogP contribution in [0.5, 0.6) is 0 Å². The van der Waals surface area contributed by atoms with E-state index >= 15 is 0 Å². The van der Waals surface area contributed by atoms with E-state index in [1.165, 1.54) is 25.7 Å². The number of hydrogen-bond acceptors (Lipinski definition) is 7. The number of carbonyl (C=O) groups is 2. The van der Waals surface area contributed by atoms with Crippen LogP contribution < -0.4 is 0 Å². The molecule has 0 aromatic rings. The monoisotopic (exact) mass is 773 g/mol. The van der Waals surface area contributed by atoms with E-state index in [9.17, 15) is 19.0 Å². The Morgan fingerprint density at radius 2 is 1.00 bits per heavy atom. The van der Waals surface area contributed by atoms with Crippen LogP contribution in [0.4, 0.5) is 0 Å². The third-order valence-corrected chi connectivity index (χ3v) is 8.97. The number of ether oxygens (including phenoxy) is 2. The van der Waals surface area contributed by atoms with Gasteiger partial charge in [0, 0.05) is 6.42 Å². The Balaban J connectivity index is 4.27. The average Bonchev–Trinajstić information content (AvgIpc) is 3.15. The van der Waals surface area contributed by atoms with Crippen molar-refractivity contribution in [1.29, 1.82) is 0 Å². The number of carbonyl (C=O) groups excluding carboxylic acids is 2. The third-order valence-electron chi connectivity index (χ3n) is 7.91. The molecular formula is C45H73O8P. The fraction of sp³-hybridized carbons (Fsp3) is 0.600. The molecular weight excluding hydrogens is 699 g/mol. The molecule has 8 nitrogen and oxygen atoms in total. The fourth-order valence-corrected chi connectivity index (χ4v) is 5.70. The van der Waals surface area contributed by atoms with Gasteiger partial charge < -0.3 is 14.4 Å². The van der Waals surface area contributed by atoms with Crippen LogP contribution in [0.3, 0.4) is 0 Å². The summed E-state index contributed by atoms with van der Waals surface area (Å²) in [7, 11) is -4.31. The van der Waals surface area contributed by atoms with Crippen LogP contribution in [0.1, 0.15) is 149 Å². The Labute approximate surface area is 328 Å². The molecule has 9 heteroatoms. The first kappa shape index (κ1) is 51.0. The topological polar surface area (TPSA) is 108 Å². The lowest BCUT2D eigenvalue weighted by atomic mass is 10.1. The first-order valence-corrected chi connectivity index (χ1v) is 22.0. The van der Waals surface area contributed by atoms with Gasteiger partial charge in [0.1, 0.15) is 6.61 Å². The van der Waals surface area contributed by atoms with E-state index in [4.69, 9.17) is 18.5 Å². The van der Waals surface area contributed by atoms with Gasteiger partial charge in [-0.1, -0.05) is 150 Å². The summed E-state index contributed by atoms with van der Waals surface area (Å²) >= 11 is 0. The number of phosphoric ester groups is 1. The Bertz CT molecular complexity index is 1190. The fourth-order valence-electron chi connectivity index (χ4n) is 4.94. The molecule has 0 aliphatic heterocycles. The Morgan fingerprint density at radius 1 is 0.537 bits per heavy atom. The lowest BCUT2D eigenvalue weighted by Crippen LogP contribution is -2.29. The van der Waals surface area contributed by atoms with Gasteiger partial charge in [-0.25, -0.2) is 4.57 Å². The molecule has 0 spiro atoms. The summed E-state index contributed by atoms with van der Waals surface area (Å²) in [6.07, 6.45) is 52.0. The van der Waals surface area contributed by atoms with E-state index in [2.05, 4.69) is 92.8 Å². The molecule has 0 aromatic heterocycles. The molecule has 0 aliphatic rings. The number of allylic oxidation sites excluding steroid dienone is 15. The van der Waals surface area contributed by atoms with Gasteiger partial charge >= 0.3 is 19.8 Å². The van der Waals surface area contributed by atoms with E-state index in [-0.39, 0.29) is 26.1 Å². The Hall–Kier alpha value is -3.03. The van der Waals surface area contributed by atoms with Crippen molar-refractivity contribution >= 4 is 19.8 Å². The van der Waals surface area contributed by atoms with Gasteiger partial charge in [-0.3, -0.25) is 18.6 Å². The number of phosphoric acid groups is 1. The first-order valence-electron chi connectivity index (χ1n) is 20.5. The van der Waals surface area contributed by atoms with Crippen molar-refractivity contribution in [2.75, 3.05) is 19.8 Å². The van der Waals surface area contributed by atoms with Crippen molar-refractivity contribution in [3.8, 4) is 0 Å². The first-order chi connectivity index (χ1) is 26.3. The normalized spacial score (nSPS) is 14.4. The molecule has 306 valence electrons. The molecule has 0 rings (SSSR count). The summed E-state index contributed by atoms with van der Waals surface area (Å²) in [6.45, 7) is 5.17. The minimum Gasteiger partial charge on any atom is -0.462 e. The summed E-state index contributed by atoms with van der Waals surface area (Å²) in [4.78, 5) is 34.6. The molecule has 0 aromatic carbocycles. The van der Waals surface area contributed by atoms with E-state index in [1.54, 1.807) is 13.0 Å². The maximum atomic E-state index is 12.5. The van der Waals surface area contributed by atoms with Gasteiger partial charge in [0.05, 0.1) is 19.6 Å². The molecule has 0 saturated carbocycles. The van der Waals surface area contributed by atoms with Crippen LogP contribution in [-0.2, 0) is 32.7 Å². The molecule has 0 radical (unpaired) electrons. The van der Waals surface area contributed by atoms with Gasteiger partial charge in [0.25, 0.3) is 0 Å². The Kier molecular flexibility index (Phi) is 37.4. The Morgan fingerprint density at radius 3 is 1.52 bits per heavy atom. The highest BCUT2D eigenvalue weighted by molar-refractivity contribution is 7.47. The highest BCUT2D eigenvalue weighted by Gasteiger charge is 2.25. The molecule has 1 N–H and O–H groups in total. The molecule has 0 heterocycles. The molecule has 0 saturated heterocycles. The minimum absolute atomic E-state index is 0.00517. The predicted molar refractivity (Wildman–Crippen MR) is 225 cm³/mol. The van der Waals surface area contributed by atoms with Crippen LogP contribution in [0.2, 0.25) is 0 Å². The van der Waals surface area contributed by atoms with E-state index < -0.39 is 32.5 Å². The van der Waals surface area contributed by atoms with Crippen LogP contribution >= 0.6 is 7.82 Å². The number of esters is 2. The van der Waals surface area contributed by atoms with Crippen molar-refractivity contribution < 1.29 is 37.6 Å². The van der Waals surface area contributed by atoms with Crippen molar-refractivity contribution in [1.82, 2.24) is 0 Å². The second-order valence-electron chi connectivity index (χ2n) is 12.9. The van der Waals surface area contributed by atoms with E-state index in [0.717, 1.165) is 77.0 Å². The number of rotatable bonds is 36. The lowest BCUT2D eigenvalue weighted by molar-refractivity contribution is -0.160. The van der Waals surface area contributed by atoms with E-state index in [1.807, 2.05) is 12.2 Å². The van der Waals surface area contributed by atoms with Crippen molar-refractivity contribution in [2.24, 2.45) is 0 Å². The second-order valence-corrected chi connectivity index (χ2v) is 14.4. The maximum Gasteiger partial charge on any atom is 0.472 e. The summed E-state index contributed by atoms with van der Waals surface area (Å²) in [5.41, 5.74) is 0. The molecule has 0 bridgehead atoms. The van der Waals surface area contributed by atoms with E-state index in [0.29, 0.717) is 12.8 Å². The minimum atomic E-state index is -4.31. The van der Waals surface area contributed by atoms with Crippen molar-refractivity contribution in [2.45, 2.75) is 155 Å². The maximum absolute atomic E-state index is 12.5. The van der Waals surface area contributed by atoms with Gasteiger partial charge in [-0.2, -0.15) is 0 Å². The molecule has 54 heavy (non-hydrogen) atoms. The molecule has 0 amide bonds. The van der Waals surface area contributed by atoms with Gasteiger partial charge in [0.15, 0.2) is 6.10 Å². The highest BCUT2D eigenvalue weighted by Crippen LogP contribution is 2.43. The molecule has 0 fully saturated rings. The molecule has 0 aliphatic carbocycles. The highest BCUT2D eigenvalue weighted by atomic mass is 31.2. The summed E-state index contributed by atoms with van der Waals surface area (Å²) in [5, 5.41) is 0. The van der Waals surface area contributed by atoms with Crippen LogP contribution in [-0.4, -0.2) is 42.8 Å². The quantitative estimate of drug-likeness (QED) is 0.0290. The number of hydrogen-bond donors (Lipinski definition) is 1. The summed E-state index contributed by atoms with van der Waals surface area (Å²) in [6, 6.07) is 0. The van der Waals surface area contributed by atoms with Gasteiger partial charge in [0.2, 0.25) is 0 Å². The third kappa shape index (κ3) is 38.7. The lowest BCUT2D eigenvalue weighted by Gasteiger charge is -2.19. The van der Waals surface area contributed by atoms with Crippen LogP contribution in [0, 0.1) is 0 Å². The number of unbranched alkanes of at least 4 members (excludes halogenated alkanes) is 9. The van der Waals surface area contributed by atoms with Gasteiger partial charge in [-0.15, -0.1) is 0 Å². The molecule has 2 unspecified atom stereocenters. The second kappa shape index (κ2) is 39.7. The van der Waals surface area contributed by atoms with Gasteiger partial charge in [-0.05, 0) is 84.0 Å². The smallest absolute Gasteiger partial charge is 0.462 e. The predicted octanol–water partition coefficient (Wildman–Crippen LogP) is 12.9. The van der Waals surface area contributed by atoms with Crippen LogP contribution in [0.15, 0.2) is 97.2 Å². The summed E-state index contributed by atoms with van der Waals surface area (Å²) in [5.74, 6) is -0.970. The summed E-state index contributed by atoms with van der Waals surface area (Å²) < 4.78 is 32.4. The van der Waals surface area contributed by atoms with Crippen molar-refractivity contribution in [3.05, 3.63) is 97.2 Å². The zero-order valence-electron chi connectivity index (χ0n) is 33.8. The standard InChI is InChI=1S/C45H73O8P/c1-4-7-9-11-13-15-17-19-21-22-23-24-26-27-29-31-33-35-37-39-44(46)50-41-43(42-52-54(48,49)51-6-3)53-45(47)40-38-36-34-32-30-28-25-20-18-16-14-12-10-8-5-2/h8,10,13-16,19-21,23-25,30,32,36,38,43H,4-7,9,11-12,17-18,22,26-29,31,33-35,37,39-42H2,1-3H3,(H,48,49)/b10-8-,15-13-,16-14-,21-19-,24-23-,25-20-,32-30-,38-36-. The van der Waals surface area contributed by atoms with Crippen LogP contribution in [0.25, 0.3) is 0 Å². The average molecular weight is 773 g/mol. The largest absolute Gasteiger partial charge is 0.472 e. The zero-order chi connectivity index (χ0) is 39.6. The SMILES string of the molecule is CC/C=C\C/C=C\C/C=C\C/C=C\C/C=C\CC(=O)OC(COC(=O)CCCCCCCC/C=C\C/C=C\C/C=C\CCCCC)COP(=O)(O)OCC. The molecule has 2 atom stereocenters. The zero-order valence-corrected chi connectivity index (χ0v) is 34.7.